The molecule has 0 unspecified atom stereocenters. The van der Waals surface area contributed by atoms with Crippen molar-refractivity contribution in [2.45, 2.75) is 26.2 Å². The Hall–Kier alpha value is -2.04. The van der Waals surface area contributed by atoms with Gasteiger partial charge in [-0.25, -0.2) is 0 Å². The molecular formula is C22H27ClN3O+. The average molecular weight is 385 g/mol. The minimum atomic E-state index is 0.107. The molecule has 0 saturated carbocycles. The number of halogens is 1. The molecule has 2 aromatic rings. The van der Waals surface area contributed by atoms with Crippen LogP contribution >= 0.6 is 11.6 Å². The molecule has 1 aliphatic heterocycles. The Morgan fingerprint density at radius 2 is 1.89 bits per heavy atom. The summed E-state index contributed by atoms with van der Waals surface area (Å²) in [6.07, 6.45) is 3.53. The lowest BCUT2D eigenvalue weighted by Gasteiger charge is -2.34. The molecule has 1 saturated heterocycles. The van der Waals surface area contributed by atoms with Gasteiger partial charge in [-0.15, -0.1) is 0 Å². The van der Waals surface area contributed by atoms with Crippen molar-refractivity contribution in [2.24, 2.45) is 0 Å². The molecule has 2 N–H and O–H groups in total. The van der Waals surface area contributed by atoms with Crippen LogP contribution in [0.5, 0.6) is 0 Å². The van der Waals surface area contributed by atoms with E-state index in [9.17, 15) is 4.79 Å². The number of nitrogens with one attached hydrogen (secondary N) is 2. The maximum Gasteiger partial charge on any atom is 0.279 e. The van der Waals surface area contributed by atoms with Crippen LogP contribution in [0, 0.1) is 6.92 Å². The number of piperazine rings is 1. The molecule has 0 radical (unpaired) electrons. The number of quaternary nitrogens is 1. The number of carbonyl (C=O) groups is 1. The molecule has 1 aliphatic carbocycles. The maximum atomic E-state index is 12.5. The fourth-order valence-electron chi connectivity index (χ4n) is 4.25. The zero-order valence-electron chi connectivity index (χ0n) is 15.9. The monoisotopic (exact) mass is 384 g/mol. The summed E-state index contributed by atoms with van der Waals surface area (Å²) < 4.78 is 0. The predicted molar refractivity (Wildman–Crippen MR) is 111 cm³/mol. The van der Waals surface area contributed by atoms with E-state index in [1.54, 1.807) is 0 Å². The van der Waals surface area contributed by atoms with Gasteiger partial charge in [0.1, 0.15) is 0 Å². The van der Waals surface area contributed by atoms with Gasteiger partial charge >= 0.3 is 0 Å². The van der Waals surface area contributed by atoms with Crippen molar-refractivity contribution in [1.29, 1.82) is 0 Å². The van der Waals surface area contributed by atoms with Crippen LogP contribution in [0.4, 0.5) is 11.4 Å². The normalized spacial score (nSPS) is 17.0. The maximum absolute atomic E-state index is 12.5. The van der Waals surface area contributed by atoms with Crippen LogP contribution in [0.25, 0.3) is 0 Å². The summed E-state index contributed by atoms with van der Waals surface area (Å²) in [5.41, 5.74) is 6.23. The quantitative estimate of drug-likeness (QED) is 0.849. The molecule has 1 heterocycles. The molecular weight excluding hydrogens is 358 g/mol. The molecule has 2 aliphatic rings. The molecule has 4 rings (SSSR count). The first-order valence-corrected chi connectivity index (χ1v) is 10.2. The summed E-state index contributed by atoms with van der Waals surface area (Å²) in [6.45, 7) is 6.47. The molecule has 27 heavy (non-hydrogen) atoms. The number of carbonyl (C=O) groups excluding carboxylic acids is 1. The number of hydrogen-bond donors (Lipinski definition) is 2. The molecule has 142 valence electrons. The van der Waals surface area contributed by atoms with E-state index in [2.05, 4.69) is 35.3 Å². The number of rotatable bonds is 4. The SMILES string of the molecule is Cc1ccc(Cl)cc1N1CC[NH+](CC(=O)Nc2ccc3c(c2)CCC3)CC1. The Morgan fingerprint density at radius 3 is 2.70 bits per heavy atom. The van der Waals surface area contributed by atoms with Crippen LogP contribution < -0.4 is 15.1 Å². The Morgan fingerprint density at radius 1 is 1.11 bits per heavy atom. The number of amides is 1. The van der Waals surface area contributed by atoms with E-state index in [1.807, 2.05) is 18.2 Å². The third-order valence-corrected chi connectivity index (χ3v) is 6.01. The van der Waals surface area contributed by atoms with Crippen molar-refractivity contribution in [3.8, 4) is 0 Å². The van der Waals surface area contributed by atoms with Crippen molar-refractivity contribution < 1.29 is 9.69 Å². The van der Waals surface area contributed by atoms with E-state index in [4.69, 9.17) is 11.6 Å². The van der Waals surface area contributed by atoms with Gasteiger partial charge in [-0.1, -0.05) is 23.7 Å². The minimum Gasteiger partial charge on any atom is -0.360 e. The van der Waals surface area contributed by atoms with Crippen LogP contribution in [0.3, 0.4) is 0 Å². The highest BCUT2D eigenvalue weighted by Crippen LogP contribution is 2.25. The number of fused-ring (bicyclic) bond motifs is 1. The topological polar surface area (TPSA) is 36.8 Å². The van der Waals surface area contributed by atoms with Crippen LogP contribution in [0.15, 0.2) is 36.4 Å². The lowest BCUT2D eigenvalue weighted by molar-refractivity contribution is -0.892. The van der Waals surface area contributed by atoms with E-state index in [0.29, 0.717) is 6.54 Å². The fraction of sp³-hybridized carbons (Fsp3) is 0.409. The highest BCUT2D eigenvalue weighted by Gasteiger charge is 2.23. The van der Waals surface area contributed by atoms with Gasteiger partial charge in [0, 0.05) is 16.4 Å². The van der Waals surface area contributed by atoms with Gasteiger partial charge < -0.3 is 15.1 Å². The first-order valence-electron chi connectivity index (χ1n) is 9.85. The summed E-state index contributed by atoms with van der Waals surface area (Å²) in [5, 5.41) is 3.86. The highest BCUT2D eigenvalue weighted by molar-refractivity contribution is 6.30. The Bertz CT molecular complexity index is 843. The molecule has 1 fully saturated rings. The number of aryl methyl sites for hydroxylation is 3. The van der Waals surface area contributed by atoms with Gasteiger partial charge in [0.05, 0.1) is 26.2 Å². The average Bonchev–Trinajstić information content (AvgIpc) is 3.12. The van der Waals surface area contributed by atoms with E-state index < -0.39 is 0 Å². The second kappa shape index (κ2) is 7.91. The number of benzene rings is 2. The van der Waals surface area contributed by atoms with Gasteiger partial charge in [-0.05, 0) is 67.1 Å². The molecule has 0 spiro atoms. The summed E-state index contributed by atoms with van der Waals surface area (Å²) in [5.74, 6) is 0.107. The Labute approximate surface area is 166 Å². The van der Waals surface area contributed by atoms with Crippen LogP contribution in [0.2, 0.25) is 5.02 Å². The van der Waals surface area contributed by atoms with E-state index in [-0.39, 0.29) is 5.91 Å². The third kappa shape index (κ3) is 4.28. The van der Waals surface area contributed by atoms with E-state index in [0.717, 1.165) is 43.3 Å². The number of nitrogens with zero attached hydrogens (tertiary/aromatic N) is 1. The van der Waals surface area contributed by atoms with Crippen LogP contribution in [0.1, 0.15) is 23.1 Å². The van der Waals surface area contributed by atoms with Gasteiger partial charge in [-0.2, -0.15) is 0 Å². The molecule has 0 aromatic heterocycles. The smallest absolute Gasteiger partial charge is 0.279 e. The van der Waals surface area contributed by atoms with Gasteiger partial charge in [-0.3, -0.25) is 4.79 Å². The molecule has 2 aromatic carbocycles. The highest BCUT2D eigenvalue weighted by atomic mass is 35.5. The summed E-state index contributed by atoms with van der Waals surface area (Å²) in [4.78, 5) is 16.2. The Balaban J connectivity index is 1.30. The standard InChI is InChI=1S/C22H26ClN3O/c1-16-5-7-19(23)14-21(16)26-11-9-25(10-12-26)15-22(27)24-20-8-6-17-3-2-4-18(17)13-20/h5-8,13-14H,2-4,9-12,15H2,1H3,(H,24,27)/p+1. The fourth-order valence-corrected chi connectivity index (χ4v) is 4.41. The van der Waals surface area contributed by atoms with Crippen LogP contribution in [-0.2, 0) is 17.6 Å². The lowest BCUT2D eigenvalue weighted by atomic mass is 10.1. The van der Waals surface area contributed by atoms with Gasteiger partial charge in [0.15, 0.2) is 6.54 Å². The summed E-state index contributed by atoms with van der Waals surface area (Å²) in [6, 6.07) is 12.4. The first kappa shape index (κ1) is 18.3. The second-order valence-corrected chi connectivity index (χ2v) is 8.17. The molecule has 5 heteroatoms. The molecule has 0 atom stereocenters. The number of anilines is 2. The van der Waals surface area contributed by atoms with Crippen molar-refractivity contribution in [1.82, 2.24) is 0 Å². The van der Waals surface area contributed by atoms with Crippen molar-refractivity contribution in [3.63, 3.8) is 0 Å². The molecule has 4 nitrogen and oxygen atoms in total. The zero-order chi connectivity index (χ0) is 18.8. The molecule has 0 bridgehead atoms. The predicted octanol–water partition coefficient (Wildman–Crippen LogP) is 2.48. The van der Waals surface area contributed by atoms with Crippen molar-refractivity contribution in [2.75, 3.05) is 42.9 Å². The minimum absolute atomic E-state index is 0.107. The lowest BCUT2D eigenvalue weighted by Crippen LogP contribution is -3.15. The Kier molecular flexibility index (Phi) is 5.37. The zero-order valence-corrected chi connectivity index (χ0v) is 16.6. The molecule has 1 amide bonds. The third-order valence-electron chi connectivity index (χ3n) is 5.78. The van der Waals surface area contributed by atoms with Gasteiger partial charge in [0.25, 0.3) is 5.91 Å². The second-order valence-electron chi connectivity index (χ2n) is 7.73. The summed E-state index contributed by atoms with van der Waals surface area (Å²) in [7, 11) is 0. The van der Waals surface area contributed by atoms with Crippen LogP contribution in [-0.4, -0.2) is 38.6 Å². The first-order chi connectivity index (χ1) is 13.1. The summed E-state index contributed by atoms with van der Waals surface area (Å²) >= 11 is 6.16. The van der Waals surface area contributed by atoms with E-state index >= 15 is 0 Å². The van der Waals surface area contributed by atoms with Gasteiger partial charge in [0.2, 0.25) is 0 Å². The van der Waals surface area contributed by atoms with Crippen molar-refractivity contribution in [3.05, 3.63) is 58.1 Å². The van der Waals surface area contributed by atoms with Crippen molar-refractivity contribution >= 4 is 28.9 Å². The van der Waals surface area contributed by atoms with E-state index in [1.165, 1.54) is 40.1 Å². The number of hydrogen-bond acceptors (Lipinski definition) is 2. The largest absolute Gasteiger partial charge is 0.360 e.